The molecule has 0 aromatic heterocycles. The smallest absolute Gasteiger partial charge is 0.0153 e. The van der Waals surface area contributed by atoms with E-state index in [0.717, 1.165) is 17.4 Å². The van der Waals surface area contributed by atoms with E-state index in [4.69, 9.17) is 0 Å². The highest BCUT2D eigenvalue weighted by atomic mass is 15.2. The van der Waals surface area contributed by atoms with Crippen LogP contribution in [0.3, 0.4) is 0 Å². The number of hydrogen-bond acceptors (Lipinski definition) is 1. The third kappa shape index (κ3) is 0.736. The lowest BCUT2D eigenvalue weighted by Gasteiger charge is -2.30. The Bertz CT molecular complexity index is 201. The van der Waals surface area contributed by atoms with Gasteiger partial charge < -0.3 is 0 Å². The van der Waals surface area contributed by atoms with E-state index < -0.39 is 0 Å². The normalized spacial score (nSPS) is 52.8. The van der Waals surface area contributed by atoms with Gasteiger partial charge in [0.2, 0.25) is 0 Å². The minimum absolute atomic E-state index is 0.733. The second-order valence-electron chi connectivity index (χ2n) is 5.25. The Morgan fingerprint density at radius 2 is 2.17 bits per heavy atom. The van der Waals surface area contributed by atoms with Crippen molar-refractivity contribution in [3.8, 4) is 0 Å². The van der Waals surface area contributed by atoms with Crippen LogP contribution < -0.4 is 0 Å². The van der Waals surface area contributed by atoms with Gasteiger partial charge in [0.25, 0.3) is 0 Å². The van der Waals surface area contributed by atoms with Crippen molar-refractivity contribution < 1.29 is 0 Å². The summed E-state index contributed by atoms with van der Waals surface area (Å²) >= 11 is 0. The van der Waals surface area contributed by atoms with Crippen molar-refractivity contribution in [1.82, 2.24) is 4.90 Å². The van der Waals surface area contributed by atoms with Crippen molar-refractivity contribution >= 4 is 0 Å². The van der Waals surface area contributed by atoms with Crippen molar-refractivity contribution in [2.75, 3.05) is 13.1 Å². The van der Waals surface area contributed by atoms with Crippen LogP contribution in [-0.2, 0) is 0 Å². The summed E-state index contributed by atoms with van der Waals surface area (Å²) in [5.74, 6) is 1.06. The first-order valence-corrected chi connectivity index (χ1v) is 5.55. The zero-order chi connectivity index (χ0) is 8.18. The molecule has 3 fully saturated rings. The topological polar surface area (TPSA) is 3.24 Å². The highest BCUT2D eigenvalue weighted by Gasteiger charge is 2.53. The maximum Gasteiger partial charge on any atom is 0.0153 e. The molecule has 0 amide bonds. The molecule has 0 spiro atoms. The maximum absolute atomic E-state index is 2.77. The molecule has 3 aliphatic rings. The molecule has 1 aliphatic carbocycles. The molecule has 12 heavy (non-hydrogen) atoms. The fraction of sp³-hybridized carbons (Fsp3) is 1.00. The summed E-state index contributed by atoms with van der Waals surface area (Å²) in [6.45, 7) is 5.39. The predicted molar refractivity (Wildman–Crippen MR) is 50.0 cm³/mol. The van der Waals surface area contributed by atoms with Crippen molar-refractivity contribution in [2.45, 2.75) is 45.1 Å². The lowest BCUT2D eigenvalue weighted by atomic mass is 9.76. The van der Waals surface area contributed by atoms with Gasteiger partial charge in [0, 0.05) is 12.6 Å². The van der Waals surface area contributed by atoms with E-state index in [1.54, 1.807) is 0 Å². The molecule has 0 N–H and O–H groups in total. The second-order valence-corrected chi connectivity index (χ2v) is 5.25. The van der Waals surface area contributed by atoms with Crippen molar-refractivity contribution in [1.29, 1.82) is 0 Å². The SMILES string of the molecule is CC12CCCC1CN1CCCC12. The third-order valence-electron chi connectivity index (χ3n) is 4.78. The van der Waals surface area contributed by atoms with Gasteiger partial charge in [-0.05, 0) is 43.6 Å². The highest BCUT2D eigenvalue weighted by molar-refractivity contribution is 5.06. The van der Waals surface area contributed by atoms with E-state index in [0.29, 0.717) is 0 Å². The standard InChI is InChI=1S/C11H19N/c1-11-6-2-4-9(11)8-12-7-3-5-10(11)12/h9-10H,2-8H2,1H3. The molecule has 0 bridgehead atoms. The maximum atomic E-state index is 2.77. The van der Waals surface area contributed by atoms with Crippen LogP contribution in [0, 0.1) is 11.3 Å². The van der Waals surface area contributed by atoms with Gasteiger partial charge >= 0.3 is 0 Å². The van der Waals surface area contributed by atoms with Crippen LogP contribution in [-0.4, -0.2) is 24.0 Å². The summed E-state index contributed by atoms with van der Waals surface area (Å²) in [6, 6.07) is 0.977. The van der Waals surface area contributed by atoms with Crippen molar-refractivity contribution in [3.05, 3.63) is 0 Å². The molecule has 1 nitrogen and oxygen atoms in total. The van der Waals surface area contributed by atoms with Crippen LogP contribution in [0.2, 0.25) is 0 Å². The quantitative estimate of drug-likeness (QED) is 0.532. The minimum atomic E-state index is 0.733. The predicted octanol–water partition coefficient (Wildman–Crippen LogP) is 2.27. The van der Waals surface area contributed by atoms with Gasteiger partial charge in [0.15, 0.2) is 0 Å². The zero-order valence-electron chi connectivity index (χ0n) is 8.05. The number of fused-ring (bicyclic) bond motifs is 3. The lowest BCUT2D eigenvalue weighted by Crippen LogP contribution is -2.32. The van der Waals surface area contributed by atoms with E-state index in [1.807, 2.05) is 0 Å². The molecule has 2 heterocycles. The lowest BCUT2D eigenvalue weighted by molar-refractivity contribution is 0.199. The van der Waals surface area contributed by atoms with Gasteiger partial charge in [0.05, 0.1) is 0 Å². The molecule has 3 unspecified atom stereocenters. The van der Waals surface area contributed by atoms with Crippen LogP contribution in [0.25, 0.3) is 0 Å². The molecule has 1 saturated carbocycles. The van der Waals surface area contributed by atoms with Crippen molar-refractivity contribution in [2.24, 2.45) is 11.3 Å². The molecule has 68 valence electrons. The Hall–Kier alpha value is -0.0400. The monoisotopic (exact) mass is 165 g/mol. The van der Waals surface area contributed by atoms with E-state index >= 15 is 0 Å². The zero-order valence-corrected chi connectivity index (χ0v) is 8.05. The van der Waals surface area contributed by atoms with E-state index in [-0.39, 0.29) is 0 Å². The summed E-state index contributed by atoms with van der Waals surface area (Å²) in [5.41, 5.74) is 0.733. The highest BCUT2D eigenvalue weighted by Crippen LogP contribution is 2.54. The molecule has 0 aromatic rings. The Morgan fingerprint density at radius 3 is 3.08 bits per heavy atom. The van der Waals surface area contributed by atoms with E-state index in [1.165, 1.54) is 45.2 Å². The molecule has 1 heteroatoms. The van der Waals surface area contributed by atoms with Crippen molar-refractivity contribution in [3.63, 3.8) is 0 Å². The first-order chi connectivity index (χ1) is 5.81. The molecule has 2 saturated heterocycles. The third-order valence-corrected chi connectivity index (χ3v) is 4.78. The second kappa shape index (κ2) is 2.25. The Morgan fingerprint density at radius 1 is 1.25 bits per heavy atom. The minimum Gasteiger partial charge on any atom is -0.300 e. The van der Waals surface area contributed by atoms with Crippen LogP contribution in [0.4, 0.5) is 0 Å². The average Bonchev–Trinajstić information content (AvgIpc) is 2.62. The number of hydrogen-bond donors (Lipinski definition) is 0. The van der Waals surface area contributed by atoms with E-state index in [9.17, 15) is 0 Å². The summed E-state index contributed by atoms with van der Waals surface area (Å²) in [7, 11) is 0. The summed E-state index contributed by atoms with van der Waals surface area (Å²) in [5, 5.41) is 0. The van der Waals surface area contributed by atoms with Gasteiger partial charge in [-0.15, -0.1) is 0 Å². The first-order valence-electron chi connectivity index (χ1n) is 5.55. The molecule has 2 aliphatic heterocycles. The summed E-state index contributed by atoms with van der Waals surface area (Å²) < 4.78 is 0. The van der Waals surface area contributed by atoms with Crippen LogP contribution in [0.15, 0.2) is 0 Å². The number of rotatable bonds is 0. The molecule has 0 radical (unpaired) electrons. The van der Waals surface area contributed by atoms with Gasteiger partial charge in [-0.1, -0.05) is 13.3 Å². The molecule has 3 rings (SSSR count). The van der Waals surface area contributed by atoms with Gasteiger partial charge in [-0.3, -0.25) is 4.90 Å². The molecule has 3 atom stereocenters. The van der Waals surface area contributed by atoms with Gasteiger partial charge in [-0.2, -0.15) is 0 Å². The van der Waals surface area contributed by atoms with E-state index in [2.05, 4.69) is 11.8 Å². The summed E-state index contributed by atoms with van der Waals surface area (Å²) in [6.07, 6.45) is 7.49. The van der Waals surface area contributed by atoms with Crippen LogP contribution >= 0.6 is 0 Å². The van der Waals surface area contributed by atoms with Gasteiger partial charge in [-0.25, -0.2) is 0 Å². The fourth-order valence-electron chi connectivity index (χ4n) is 4.08. The van der Waals surface area contributed by atoms with Crippen LogP contribution in [0.1, 0.15) is 39.0 Å². The molecular weight excluding hydrogens is 146 g/mol. The molecule has 0 aromatic carbocycles. The Balaban J connectivity index is 1.93. The summed E-state index contributed by atoms with van der Waals surface area (Å²) in [4.78, 5) is 2.77. The Kier molecular flexibility index (Phi) is 1.39. The van der Waals surface area contributed by atoms with Crippen LogP contribution in [0.5, 0.6) is 0 Å². The Labute approximate surface area is 75.1 Å². The first kappa shape index (κ1) is 7.37. The fourth-order valence-corrected chi connectivity index (χ4v) is 4.08. The van der Waals surface area contributed by atoms with Gasteiger partial charge in [0.1, 0.15) is 0 Å². The number of nitrogens with zero attached hydrogens (tertiary/aromatic N) is 1. The largest absolute Gasteiger partial charge is 0.300 e. The average molecular weight is 165 g/mol. The molecular formula is C11H19N.